The van der Waals surface area contributed by atoms with E-state index in [2.05, 4.69) is 45.2 Å². The number of piperazine rings is 1. The van der Waals surface area contributed by atoms with Crippen molar-refractivity contribution in [2.75, 3.05) is 26.2 Å². The number of para-hydroxylation sites is 1. The Balaban J connectivity index is 1.45. The lowest BCUT2D eigenvalue weighted by Crippen LogP contribution is -2.55. The average Bonchev–Trinajstić information content (AvgIpc) is 3.26. The first kappa shape index (κ1) is 16.1. The van der Waals surface area contributed by atoms with Crippen LogP contribution in [0.2, 0.25) is 0 Å². The van der Waals surface area contributed by atoms with Gasteiger partial charge in [-0.05, 0) is 30.9 Å². The van der Waals surface area contributed by atoms with Gasteiger partial charge >= 0.3 is 0 Å². The SMILES string of the molecule is OCC[C@@H]1CN(Cc2c[nH]c3ccccc23)CCN1C1CCCC1. The van der Waals surface area contributed by atoms with Crippen LogP contribution in [0.15, 0.2) is 30.5 Å². The number of hydrogen-bond donors (Lipinski definition) is 2. The maximum Gasteiger partial charge on any atom is 0.0457 e. The summed E-state index contributed by atoms with van der Waals surface area (Å²) in [6.07, 6.45) is 8.53. The van der Waals surface area contributed by atoms with Crippen LogP contribution in [0, 0.1) is 0 Å². The van der Waals surface area contributed by atoms with Gasteiger partial charge in [0, 0.05) is 62.0 Å². The fraction of sp³-hybridized carbons (Fsp3) is 0.600. The van der Waals surface area contributed by atoms with Gasteiger partial charge in [-0.15, -0.1) is 0 Å². The van der Waals surface area contributed by atoms with Crippen molar-refractivity contribution in [1.82, 2.24) is 14.8 Å². The summed E-state index contributed by atoms with van der Waals surface area (Å²) in [6.45, 7) is 4.67. The Morgan fingerprint density at radius 3 is 2.79 bits per heavy atom. The number of fused-ring (bicyclic) bond motifs is 1. The third-order valence-corrected chi connectivity index (χ3v) is 5.94. The van der Waals surface area contributed by atoms with Crippen LogP contribution in [0.25, 0.3) is 10.9 Å². The van der Waals surface area contributed by atoms with Crippen molar-refractivity contribution in [1.29, 1.82) is 0 Å². The molecule has 2 fully saturated rings. The summed E-state index contributed by atoms with van der Waals surface area (Å²) >= 11 is 0. The number of aromatic amines is 1. The number of benzene rings is 1. The summed E-state index contributed by atoms with van der Waals surface area (Å²) in [7, 11) is 0. The Kier molecular flexibility index (Phi) is 4.88. The summed E-state index contributed by atoms with van der Waals surface area (Å²) in [5.41, 5.74) is 2.62. The van der Waals surface area contributed by atoms with Crippen molar-refractivity contribution in [3.63, 3.8) is 0 Å². The molecule has 1 aliphatic heterocycles. The van der Waals surface area contributed by atoms with Crippen molar-refractivity contribution >= 4 is 10.9 Å². The molecule has 1 atom stereocenters. The summed E-state index contributed by atoms with van der Waals surface area (Å²) in [6, 6.07) is 9.83. The van der Waals surface area contributed by atoms with E-state index < -0.39 is 0 Å². The van der Waals surface area contributed by atoms with Crippen LogP contribution in [-0.4, -0.2) is 58.2 Å². The molecule has 2 N–H and O–H groups in total. The number of aromatic nitrogens is 1. The lowest BCUT2D eigenvalue weighted by Gasteiger charge is -2.44. The molecule has 0 bridgehead atoms. The fourth-order valence-electron chi connectivity index (χ4n) is 4.70. The predicted molar refractivity (Wildman–Crippen MR) is 98.0 cm³/mol. The van der Waals surface area contributed by atoms with Gasteiger partial charge in [0.15, 0.2) is 0 Å². The molecular weight excluding hydrogens is 298 g/mol. The number of aliphatic hydroxyl groups excluding tert-OH is 1. The topological polar surface area (TPSA) is 42.5 Å². The van der Waals surface area contributed by atoms with Gasteiger partial charge < -0.3 is 10.1 Å². The van der Waals surface area contributed by atoms with E-state index in [-0.39, 0.29) is 0 Å². The van der Waals surface area contributed by atoms with Crippen molar-refractivity contribution in [3.05, 3.63) is 36.0 Å². The monoisotopic (exact) mass is 327 g/mol. The standard InChI is InChI=1S/C20H29N3O/c24-12-9-18-15-22(10-11-23(18)17-5-1-2-6-17)14-16-13-21-20-8-4-3-7-19(16)20/h3-4,7-8,13,17-18,21,24H,1-2,5-6,9-12,14-15H2/t18-/m1/s1. The average molecular weight is 327 g/mol. The Bertz CT molecular complexity index is 662. The van der Waals surface area contributed by atoms with Crippen LogP contribution >= 0.6 is 0 Å². The molecule has 4 rings (SSSR count). The molecule has 2 aromatic rings. The first-order chi connectivity index (χ1) is 11.8. The minimum absolute atomic E-state index is 0.300. The number of aliphatic hydroxyl groups is 1. The van der Waals surface area contributed by atoms with Crippen molar-refractivity contribution in [3.8, 4) is 0 Å². The van der Waals surface area contributed by atoms with E-state index in [9.17, 15) is 5.11 Å². The lowest BCUT2D eigenvalue weighted by atomic mass is 10.0. The highest BCUT2D eigenvalue weighted by Crippen LogP contribution is 2.29. The van der Waals surface area contributed by atoms with Crippen LogP contribution in [0.3, 0.4) is 0 Å². The molecule has 1 aromatic heterocycles. The van der Waals surface area contributed by atoms with Gasteiger partial charge in [-0.2, -0.15) is 0 Å². The van der Waals surface area contributed by atoms with E-state index in [0.717, 1.165) is 38.6 Å². The smallest absolute Gasteiger partial charge is 0.0457 e. The van der Waals surface area contributed by atoms with E-state index in [1.807, 2.05) is 0 Å². The van der Waals surface area contributed by atoms with E-state index in [0.29, 0.717) is 12.6 Å². The molecule has 2 aliphatic rings. The summed E-state index contributed by atoms with van der Waals surface area (Å²) in [5.74, 6) is 0. The van der Waals surface area contributed by atoms with Gasteiger partial charge in [0.05, 0.1) is 0 Å². The molecule has 0 unspecified atom stereocenters. The Morgan fingerprint density at radius 2 is 1.96 bits per heavy atom. The molecule has 1 aliphatic carbocycles. The van der Waals surface area contributed by atoms with Gasteiger partial charge in [0.1, 0.15) is 0 Å². The third-order valence-electron chi connectivity index (χ3n) is 5.94. The number of nitrogens with zero attached hydrogens (tertiary/aromatic N) is 2. The Labute approximate surface area is 144 Å². The zero-order valence-electron chi connectivity index (χ0n) is 14.5. The first-order valence-corrected chi connectivity index (χ1v) is 9.49. The fourth-order valence-corrected chi connectivity index (χ4v) is 4.70. The Hall–Kier alpha value is -1.36. The maximum absolute atomic E-state index is 9.51. The van der Waals surface area contributed by atoms with Crippen LogP contribution in [0.4, 0.5) is 0 Å². The molecule has 1 saturated heterocycles. The van der Waals surface area contributed by atoms with E-state index in [1.54, 1.807) is 0 Å². The molecule has 130 valence electrons. The van der Waals surface area contributed by atoms with Crippen molar-refractivity contribution in [2.24, 2.45) is 0 Å². The quantitative estimate of drug-likeness (QED) is 0.887. The van der Waals surface area contributed by atoms with Crippen molar-refractivity contribution in [2.45, 2.75) is 50.7 Å². The van der Waals surface area contributed by atoms with E-state index >= 15 is 0 Å². The number of hydrogen-bond acceptors (Lipinski definition) is 3. The normalized spacial score (nSPS) is 24.1. The zero-order valence-corrected chi connectivity index (χ0v) is 14.5. The van der Waals surface area contributed by atoms with Gasteiger partial charge in [-0.25, -0.2) is 0 Å². The number of nitrogens with one attached hydrogen (secondary N) is 1. The second-order valence-corrected chi connectivity index (χ2v) is 7.44. The lowest BCUT2D eigenvalue weighted by molar-refractivity contribution is 0.0269. The molecule has 1 saturated carbocycles. The van der Waals surface area contributed by atoms with E-state index in [1.165, 1.54) is 42.1 Å². The maximum atomic E-state index is 9.51. The predicted octanol–water partition coefficient (Wildman–Crippen LogP) is 2.98. The molecule has 0 radical (unpaired) electrons. The highest BCUT2D eigenvalue weighted by molar-refractivity contribution is 5.82. The number of rotatable bonds is 5. The largest absolute Gasteiger partial charge is 0.396 e. The highest BCUT2D eigenvalue weighted by Gasteiger charge is 2.33. The zero-order chi connectivity index (χ0) is 16.4. The molecular formula is C20H29N3O. The van der Waals surface area contributed by atoms with Gasteiger partial charge in [0.2, 0.25) is 0 Å². The molecule has 4 nitrogen and oxygen atoms in total. The third kappa shape index (κ3) is 3.23. The van der Waals surface area contributed by atoms with Gasteiger partial charge in [-0.3, -0.25) is 9.80 Å². The molecule has 4 heteroatoms. The molecule has 0 spiro atoms. The van der Waals surface area contributed by atoms with Crippen molar-refractivity contribution < 1.29 is 5.11 Å². The molecule has 1 aromatic carbocycles. The van der Waals surface area contributed by atoms with Crippen LogP contribution in [-0.2, 0) is 6.54 Å². The van der Waals surface area contributed by atoms with Gasteiger partial charge in [-0.1, -0.05) is 31.0 Å². The summed E-state index contributed by atoms with van der Waals surface area (Å²) < 4.78 is 0. The molecule has 24 heavy (non-hydrogen) atoms. The summed E-state index contributed by atoms with van der Waals surface area (Å²) in [5, 5.41) is 10.9. The second-order valence-electron chi connectivity index (χ2n) is 7.44. The summed E-state index contributed by atoms with van der Waals surface area (Å²) in [4.78, 5) is 8.66. The molecule has 2 heterocycles. The van der Waals surface area contributed by atoms with E-state index in [4.69, 9.17) is 0 Å². The molecule has 0 amide bonds. The van der Waals surface area contributed by atoms with Crippen LogP contribution in [0.1, 0.15) is 37.7 Å². The van der Waals surface area contributed by atoms with Crippen LogP contribution < -0.4 is 0 Å². The first-order valence-electron chi connectivity index (χ1n) is 9.49. The minimum atomic E-state index is 0.300. The Morgan fingerprint density at radius 1 is 1.12 bits per heavy atom. The minimum Gasteiger partial charge on any atom is -0.396 e. The number of H-pyrrole nitrogens is 1. The van der Waals surface area contributed by atoms with Crippen LogP contribution in [0.5, 0.6) is 0 Å². The second kappa shape index (κ2) is 7.26. The highest BCUT2D eigenvalue weighted by atomic mass is 16.3. The van der Waals surface area contributed by atoms with Gasteiger partial charge in [0.25, 0.3) is 0 Å².